The Balaban J connectivity index is 1.79. The molecule has 1 saturated heterocycles. The summed E-state index contributed by atoms with van der Waals surface area (Å²) in [6.45, 7) is 1.75. The van der Waals surface area contributed by atoms with Gasteiger partial charge in [0.05, 0.1) is 26.4 Å². The fraction of sp³-hybridized carbons (Fsp3) is 0.385. The molecule has 106 valence electrons. The average Bonchev–Trinajstić information content (AvgIpc) is 2.82. The van der Waals surface area contributed by atoms with Crippen molar-refractivity contribution in [2.24, 2.45) is 0 Å². The molecule has 1 atom stereocenters. The number of aromatic nitrogens is 2. The average molecular weight is 280 g/mol. The number of nitrogens with zero attached hydrogens (tertiary/aromatic N) is 2. The number of ether oxygens (including phenoxy) is 2. The second-order valence-electron chi connectivity index (χ2n) is 4.43. The Morgan fingerprint density at radius 1 is 1.30 bits per heavy atom. The van der Waals surface area contributed by atoms with Crippen molar-refractivity contribution in [1.82, 2.24) is 9.78 Å². The van der Waals surface area contributed by atoms with E-state index in [1.165, 1.54) is 28.9 Å². The standard InChI is InChI=1S/C13H13FN2O4/c14-10-3-1-9(2-4-10)12-15-16(13(17)20-12)7-11-8-18-5-6-19-11/h1-4,11H,5-8H2. The van der Waals surface area contributed by atoms with E-state index in [9.17, 15) is 9.18 Å². The van der Waals surface area contributed by atoms with Crippen molar-refractivity contribution in [1.29, 1.82) is 0 Å². The van der Waals surface area contributed by atoms with Crippen LogP contribution in [0.5, 0.6) is 0 Å². The molecule has 1 fully saturated rings. The van der Waals surface area contributed by atoms with E-state index < -0.39 is 5.76 Å². The van der Waals surface area contributed by atoms with Crippen LogP contribution in [0.1, 0.15) is 0 Å². The Bertz CT molecular complexity index is 629. The molecule has 1 aromatic heterocycles. The summed E-state index contributed by atoms with van der Waals surface area (Å²) in [6.07, 6.45) is -0.215. The molecule has 1 unspecified atom stereocenters. The molecule has 3 rings (SSSR count). The summed E-state index contributed by atoms with van der Waals surface area (Å²) in [5.41, 5.74) is 0.545. The van der Waals surface area contributed by atoms with Gasteiger partial charge in [-0.15, -0.1) is 5.10 Å². The van der Waals surface area contributed by atoms with Gasteiger partial charge in [-0.1, -0.05) is 0 Å². The highest BCUT2D eigenvalue weighted by molar-refractivity contribution is 5.51. The van der Waals surface area contributed by atoms with Crippen LogP contribution in [0.25, 0.3) is 11.5 Å². The fourth-order valence-electron chi connectivity index (χ4n) is 1.97. The lowest BCUT2D eigenvalue weighted by Crippen LogP contribution is -2.35. The molecule has 1 aromatic carbocycles. The Labute approximate surface area is 113 Å². The summed E-state index contributed by atoms with van der Waals surface area (Å²) in [5, 5.41) is 4.08. The van der Waals surface area contributed by atoms with E-state index in [2.05, 4.69) is 5.10 Å². The topological polar surface area (TPSA) is 66.5 Å². The van der Waals surface area contributed by atoms with Crippen molar-refractivity contribution >= 4 is 0 Å². The molecule has 0 amide bonds. The number of hydrogen-bond donors (Lipinski definition) is 0. The quantitative estimate of drug-likeness (QED) is 0.841. The van der Waals surface area contributed by atoms with Crippen LogP contribution in [0.2, 0.25) is 0 Å². The van der Waals surface area contributed by atoms with Crippen LogP contribution >= 0.6 is 0 Å². The third-order valence-electron chi connectivity index (χ3n) is 2.96. The first-order chi connectivity index (χ1) is 9.72. The van der Waals surface area contributed by atoms with Crippen molar-refractivity contribution in [2.75, 3.05) is 19.8 Å². The molecule has 1 aliphatic heterocycles. The molecular formula is C13H13FN2O4. The van der Waals surface area contributed by atoms with E-state index in [-0.39, 0.29) is 24.4 Å². The third-order valence-corrected chi connectivity index (χ3v) is 2.96. The molecule has 0 N–H and O–H groups in total. The van der Waals surface area contributed by atoms with E-state index in [1.54, 1.807) is 0 Å². The lowest BCUT2D eigenvalue weighted by molar-refractivity contribution is -0.0951. The number of benzene rings is 1. The summed E-state index contributed by atoms with van der Waals surface area (Å²) < 4.78 is 29.8. The molecule has 7 heteroatoms. The maximum atomic E-state index is 12.8. The Morgan fingerprint density at radius 3 is 2.80 bits per heavy atom. The van der Waals surface area contributed by atoms with E-state index in [0.29, 0.717) is 25.4 Å². The van der Waals surface area contributed by atoms with E-state index in [0.717, 1.165) is 0 Å². The zero-order chi connectivity index (χ0) is 13.9. The van der Waals surface area contributed by atoms with Gasteiger partial charge in [0.2, 0.25) is 5.89 Å². The summed E-state index contributed by atoms with van der Waals surface area (Å²) in [7, 11) is 0. The van der Waals surface area contributed by atoms with Crippen LogP contribution in [0, 0.1) is 5.82 Å². The van der Waals surface area contributed by atoms with Crippen molar-refractivity contribution in [3.8, 4) is 11.5 Å². The van der Waals surface area contributed by atoms with E-state index in [4.69, 9.17) is 13.9 Å². The first-order valence-corrected chi connectivity index (χ1v) is 6.25. The minimum atomic E-state index is -0.571. The predicted molar refractivity (Wildman–Crippen MR) is 66.7 cm³/mol. The van der Waals surface area contributed by atoms with Crippen molar-refractivity contribution in [3.05, 3.63) is 40.6 Å². The van der Waals surface area contributed by atoms with Crippen LogP contribution in [0.4, 0.5) is 4.39 Å². The molecule has 0 saturated carbocycles. The number of rotatable bonds is 3. The number of hydrogen-bond acceptors (Lipinski definition) is 5. The highest BCUT2D eigenvalue weighted by Gasteiger charge is 2.18. The second-order valence-corrected chi connectivity index (χ2v) is 4.43. The predicted octanol–water partition coefficient (Wildman–Crippen LogP) is 1.06. The van der Waals surface area contributed by atoms with Gasteiger partial charge in [0, 0.05) is 5.56 Å². The second kappa shape index (κ2) is 5.56. The summed E-state index contributed by atoms with van der Waals surface area (Å²) in [6, 6.07) is 5.58. The highest BCUT2D eigenvalue weighted by atomic mass is 19.1. The van der Waals surface area contributed by atoms with Gasteiger partial charge in [0.1, 0.15) is 11.9 Å². The van der Waals surface area contributed by atoms with Crippen molar-refractivity contribution in [3.63, 3.8) is 0 Å². The van der Waals surface area contributed by atoms with Crippen LogP contribution in [0.15, 0.2) is 33.5 Å². The van der Waals surface area contributed by atoms with Gasteiger partial charge in [-0.3, -0.25) is 0 Å². The molecule has 1 aliphatic rings. The van der Waals surface area contributed by atoms with Crippen molar-refractivity contribution in [2.45, 2.75) is 12.6 Å². The number of halogens is 1. The lowest BCUT2D eigenvalue weighted by atomic mass is 10.2. The summed E-state index contributed by atoms with van der Waals surface area (Å²) in [4.78, 5) is 11.7. The summed E-state index contributed by atoms with van der Waals surface area (Å²) in [5.74, 6) is -0.770. The molecule has 0 bridgehead atoms. The Morgan fingerprint density at radius 2 is 2.10 bits per heavy atom. The summed E-state index contributed by atoms with van der Waals surface area (Å²) >= 11 is 0. The van der Waals surface area contributed by atoms with Crippen molar-refractivity contribution < 1.29 is 18.3 Å². The maximum Gasteiger partial charge on any atom is 0.437 e. The molecule has 0 aliphatic carbocycles. The minimum Gasteiger partial charge on any atom is -0.388 e. The Hall–Kier alpha value is -1.99. The van der Waals surface area contributed by atoms with Crippen LogP contribution in [-0.4, -0.2) is 35.7 Å². The SMILES string of the molecule is O=c1oc(-c2ccc(F)cc2)nn1CC1COCCO1. The molecule has 2 aromatic rings. The van der Waals surface area contributed by atoms with Gasteiger partial charge in [-0.05, 0) is 24.3 Å². The van der Waals surface area contributed by atoms with E-state index in [1.807, 2.05) is 0 Å². The Kier molecular flexibility index (Phi) is 3.62. The zero-order valence-electron chi connectivity index (χ0n) is 10.6. The molecule has 2 heterocycles. The maximum absolute atomic E-state index is 12.8. The smallest absolute Gasteiger partial charge is 0.388 e. The molecule has 0 radical (unpaired) electrons. The zero-order valence-corrected chi connectivity index (χ0v) is 10.6. The van der Waals surface area contributed by atoms with Crippen LogP contribution in [-0.2, 0) is 16.0 Å². The van der Waals surface area contributed by atoms with Gasteiger partial charge < -0.3 is 13.9 Å². The minimum absolute atomic E-state index is 0.159. The largest absolute Gasteiger partial charge is 0.437 e. The van der Waals surface area contributed by atoms with Gasteiger partial charge in [0.15, 0.2) is 0 Å². The highest BCUT2D eigenvalue weighted by Crippen LogP contribution is 2.15. The molecular weight excluding hydrogens is 267 g/mol. The lowest BCUT2D eigenvalue weighted by Gasteiger charge is -2.21. The first kappa shape index (κ1) is 13.0. The monoisotopic (exact) mass is 280 g/mol. The van der Waals surface area contributed by atoms with Gasteiger partial charge in [0.25, 0.3) is 0 Å². The fourth-order valence-corrected chi connectivity index (χ4v) is 1.97. The first-order valence-electron chi connectivity index (χ1n) is 6.25. The molecule has 6 nitrogen and oxygen atoms in total. The van der Waals surface area contributed by atoms with E-state index >= 15 is 0 Å². The van der Waals surface area contributed by atoms with Crippen LogP contribution < -0.4 is 5.76 Å². The molecule has 0 spiro atoms. The van der Waals surface area contributed by atoms with Gasteiger partial charge >= 0.3 is 5.76 Å². The van der Waals surface area contributed by atoms with Crippen LogP contribution in [0.3, 0.4) is 0 Å². The van der Waals surface area contributed by atoms with Gasteiger partial charge in [-0.25, -0.2) is 9.18 Å². The third kappa shape index (κ3) is 2.78. The molecule has 20 heavy (non-hydrogen) atoms. The van der Waals surface area contributed by atoms with Gasteiger partial charge in [-0.2, -0.15) is 4.68 Å². The normalized spacial score (nSPS) is 19.1.